The molecule has 0 radical (unpaired) electrons. The zero-order valence-electron chi connectivity index (χ0n) is 11.0. The predicted molar refractivity (Wildman–Crippen MR) is 74.8 cm³/mol. The number of nitrogens with one attached hydrogen (secondary N) is 1. The average Bonchev–Trinajstić information content (AvgIpc) is 2.45. The Morgan fingerprint density at radius 3 is 2.71 bits per heavy atom. The summed E-state index contributed by atoms with van der Waals surface area (Å²) in [4.78, 5) is 15.5. The van der Waals surface area contributed by atoms with Crippen LogP contribution >= 0.6 is 11.6 Å². The van der Waals surface area contributed by atoms with E-state index in [1.165, 1.54) is 18.3 Å². The van der Waals surface area contributed by atoms with Gasteiger partial charge in [-0.05, 0) is 25.1 Å². The molecule has 0 aliphatic carbocycles. The highest BCUT2D eigenvalue weighted by atomic mass is 35.5. The van der Waals surface area contributed by atoms with Crippen molar-refractivity contribution in [3.05, 3.63) is 52.7 Å². The number of carbonyl (C=O) groups is 1. The Kier molecular flexibility index (Phi) is 4.70. The molecule has 1 heterocycles. The smallest absolute Gasteiger partial charge is 0.339 e. The molecule has 1 N–H and O–H groups in total. The molecule has 0 aliphatic heterocycles. The van der Waals surface area contributed by atoms with Crippen LogP contribution in [0.5, 0.6) is 0 Å². The van der Waals surface area contributed by atoms with Gasteiger partial charge in [0.05, 0.1) is 17.2 Å². The van der Waals surface area contributed by atoms with Gasteiger partial charge in [-0.15, -0.1) is 0 Å². The van der Waals surface area contributed by atoms with Crippen LogP contribution in [0.2, 0.25) is 5.02 Å². The first-order valence-corrected chi connectivity index (χ1v) is 6.43. The van der Waals surface area contributed by atoms with Gasteiger partial charge in [-0.1, -0.05) is 11.6 Å². The summed E-state index contributed by atoms with van der Waals surface area (Å²) < 4.78 is 30.8. The summed E-state index contributed by atoms with van der Waals surface area (Å²) in [5.41, 5.74) is 0.491. The molecule has 7 heteroatoms. The van der Waals surface area contributed by atoms with Crippen LogP contribution < -0.4 is 5.32 Å². The highest BCUT2D eigenvalue weighted by Crippen LogP contribution is 2.25. The van der Waals surface area contributed by atoms with E-state index < -0.39 is 17.6 Å². The van der Waals surface area contributed by atoms with E-state index in [0.29, 0.717) is 0 Å². The predicted octanol–water partition coefficient (Wildman–Crippen LogP) is 3.93. The van der Waals surface area contributed by atoms with Gasteiger partial charge < -0.3 is 10.1 Å². The third-order valence-corrected chi connectivity index (χ3v) is 2.82. The number of aromatic nitrogens is 1. The fourth-order valence-corrected chi connectivity index (χ4v) is 1.78. The standard InChI is InChI=1S/C14H11ClF2N2O2/c1-2-21-14(20)8-5-10(15)13(18-7-8)19-9-3-4-11(16)12(17)6-9/h3-7H,2H2,1H3,(H,18,19). The number of rotatable bonds is 4. The second-order valence-corrected chi connectivity index (χ2v) is 4.44. The lowest BCUT2D eigenvalue weighted by Gasteiger charge is -2.09. The lowest BCUT2D eigenvalue weighted by atomic mass is 10.2. The summed E-state index contributed by atoms with van der Waals surface area (Å²) in [5, 5.41) is 2.89. The highest BCUT2D eigenvalue weighted by molar-refractivity contribution is 6.33. The van der Waals surface area contributed by atoms with E-state index in [1.54, 1.807) is 6.92 Å². The van der Waals surface area contributed by atoms with E-state index in [-0.39, 0.29) is 28.7 Å². The van der Waals surface area contributed by atoms with E-state index in [0.717, 1.165) is 12.1 Å². The van der Waals surface area contributed by atoms with Crippen molar-refractivity contribution in [1.29, 1.82) is 0 Å². The number of pyridine rings is 1. The summed E-state index contributed by atoms with van der Waals surface area (Å²) in [7, 11) is 0. The van der Waals surface area contributed by atoms with Crippen molar-refractivity contribution in [2.75, 3.05) is 11.9 Å². The summed E-state index contributed by atoms with van der Waals surface area (Å²) in [6.45, 7) is 1.93. The Bertz CT molecular complexity index is 680. The van der Waals surface area contributed by atoms with Crippen LogP contribution in [0.3, 0.4) is 0 Å². The molecule has 0 saturated heterocycles. The summed E-state index contributed by atoms with van der Waals surface area (Å²) >= 11 is 5.99. The SMILES string of the molecule is CCOC(=O)c1cnc(Nc2ccc(F)c(F)c2)c(Cl)c1. The lowest BCUT2D eigenvalue weighted by molar-refractivity contribution is 0.0526. The molecule has 0 aliphatic rings. The number of anilines is 2. The van der Waals surface area contributed by atoms with Crippen LogP contribution in [0, 0.1) is 11.6 Å². The summed E-state index contributed by atoms with van der Waals surface area (Å²) in [6.07, 6.45) is 1.28. The third kappa shape index (κ3) is 3.66. The van der Waals surface area contributed by atoms with Crippen LogP contribution in [0.4, 0.5) is 20.3 Å². The largest absolute Gasteiger partial charge is 0.462 e. The van der Waals surface area contributed by atoms with Gasteiger partial charge >= 0.3 is 5.97 Å². The Balaban J connectivity index is 2.21. The molecular weight excluding hydrogens is 302 g/mol. The minimum Gasteiger partial charge on any atom is -0.462 e. The Morgan fingerprint density at radius 2 is 2.10 bits per heavy atom. The maximum atomic E-state index is 13.1. The van der Waals surface area contributed by atoms with E-state index in [4.69, 9.17) is 16.3 Å². The van der Waals surface area contributed by atoms with Crippen LogP contribution in [-0.2, 0) is 4.74 Å². The molecule has 110 valence electrons. The van der Waals surface area contributed by atoms with E-state index in [1.807, 2.05) is 0 Å². The van der Waals surface area contributed by atoms with Crippen molar-refractivity contribution in [3.8, 4) is 0 Å². The Morgan fingerprint density at radius 1 is 1.33 bits per heavy atom. The number of benzene rings is 1. The van der Waals surface area contributed by atoms with Gasteiger partial charge in [0.1, 0.15) is 5.82 Å². The van der Waals surface area contributed by atoms with Gasteiger partial charge in [-0.2, -0.15) is 0 Å². The van der Waals surface area contributed by atoms with Crippen LogP contribution in [0.25, 0.3) is 0 Å². The van der Waals surface area contributed by atoms with Gasteiger partial charge in [0.15, 0.2) is 11.6 Å². The first-order chi connectivity index (χ1) is 10.0. The molecule has 2 rings (SSSR count). The topological polar surface area (TPSA) is 51.2 Å². The molecule has 0 unspecified atom stereocenters. The lowest BCUT2D eigenvalue weighted by Crippen LogP contribution is -2.06. The fourth-order valence-electron chi connectivity index (χ4n) is 1.57. The fraction of sp³-hybridized carbons (Fsp3) is 0.143. The first-order valence-electron chi connectivity index (χ1n) is 6.06. The minimum atomic E-state index is -0.987. The van der Waals surface area contributed by atoms with E-state index in [9.17, 15) is 13.6 Å². The second-order valence-electron chi connectivity index (χ2n) is 4.03. The quantitative estimate of drug-likeness (QED) is 0.869. The monoisotopic (exact) mass is 312 g/mol. The normalized spacial score (nSPS) is 10.3. The van der Waals surface area contributed by atoms with Crippen molar-refractivity contribution in [2.45, 2.75) is 6.92 Å². The van der Waals surface area contributed by atoms with Crippen molar-refractivity contribution in [2.24, 2.45) is 0 Å². The third-order valence-electron chi connectivity index (χ3n) is 2.53. The maximum absolute atomic E-state index is 13.1. The van der Waals surface area contributed by atoms with Gasteiger partial charge in [0.2, 0.25) is 0 Å². The van der Waals surface area contributed by atoms with E-state index >= 15 is 0 Å². The molecule has 4 nitrogen and oxygen atoms in total. The molecule has 0 atom stereocenters. The second kappa shape index (κ2) is 6.49. The minimum absolute atomic E-state index is 0.158. The van der Waals surface area contributed by atoms with Gasteiger partial charge in [0.25, 0.3) is 0 Å². The zero-order chi connectivity index (χ0) is 15.4. The number of esters is 1. The number of nitrogens with zero attached hydrogens (tertiary/aromatic N) is 1. The average molecular weight is 313 g/mol. The Hall–Kier alpha value is -2.21. The molecule has 0 fully saturated rings. The number of hydrogen-bond acceptors (Lipinski definition) is 4. The number of hydrogen-bond donors (Lipinski definition) is 1. The summed E-state index contributed by atoms with van der Waals surface area (Å²) in [5.74, 6) is -2.25. The molecule has 2 aromatic rings. The van der Waals surface area contributed by atoms with Crippen LogP contribution in [0.15, 0.2) is 30.5 Å². The van der Waals surface area contributed by atoms with E-state index in [2.05, 4.69) is 10.3 Å². The molecule has 0 spiro atoms. The number of ether oxygens (including phenoxy) is 1. The Labute approximate surface area is 124 Å². The van der Waals surface area contributed by atoms with Crippen LogP contribution in [-0.4, -0.2) is 17.6 Å². The van der Waals surface area contributed by atoms with Crippen LogP contribution in [0.1, 0.15) is 17.3 Å². The van der Waals surface area contributed by atoms with Gasteiger partial charge in [0, 0.05) is 18.0 Å². The van der Waals surface area contributed by atoms with Crippen molar-refractivity contribution >= 4 is 29.1 Å². The number of carbonyl (C=O) groups excluding carboxylic acids is 1. The molecule has 0 amide bonds. The number of halogens is 3. The van der Waals surface area contributed by atoms with Crippen molar-refractivity contribution < 1.29 is 18.3 Å². The van der Waals surface area contributed by atoms with Crippen molar-refractivity contribution in [1.82, 2.24) is 4.98 Å². The van der Waals surface area contributed by atoms with Crippen molar-refractivity contribution in [3.63, 3.8) is 0 Å². The van der Waals surface area contributed by atoms with Gasteiger partial charge in [-0.3, -0.25) is 0 Å². The highest BCUT2D eigenvalue weighted by Gasteiger charge is 2.11. The molecule has 1 aromatic carbocycles. The zero-order valence-corrected chi connectivity index (χ0v) is 11.7. The molecule has 21 heavy (non-hydrogen) atoms. The molecular formula is C14H11ClF2N2O2. The summed E-state index contributed by atoms with van der Waals surface area (Å²) in [6, 6.07) is 4.69. The molecule has 0 saturated carbocycles. The molecule has 0 bridgehead atoms. The first kappa shape index (κ1) is 15.2. The van der Waals surface area contributed by atoms with Gasteiger partial charge in [-0.25, -0.2) is 18.6 Å². The maximum Gasteiger partial charge on any atom is 0.339 e. The molecule has 1 aromatic heterocycles.